The van der Waals surface area contributed by atoms with Crippen LogP contribution in [0, 0.1) is 0 Å². The lowest BCUT2D eigenvalue weighted by atomic mass is 10.0. The molecule has 0 atom stereocenters. The van der Waals surface area contributed by atoms with Crippen LogP contribution >= 0.6 is 0 Å². The topological polar surface area (TPSA) is 51.8 Å². The van der Waals surface area contributed by atoms with E-state index in [9.17, 15) is 0 Å². The van der Waals surface area contributed by atoms with E-state index < -0.39 is 0 Å². The molecule has 0 saturated carbocycles. The van der Waals surface area contributed by atoms with Crippen molar-refractivity contribution in [2.75, 3.05) is 0 Å². The number of nitrogens with zero attached hydrogens (tertiary/aromatic N) is 2. The predicted octanol–water partition coefficient (Wildman–Crippen LogP) is 2.76. The minimum Gasteiger partial charge on any atom is -0.326 e. The molecule has 0 aliphatic carbocycles. The van der Waals surface area contributed by atoms with Crippen LogP contribution in [-0.2, 0) is 6.54 Å². The number of rotatable bonds is 2. The summed E-state index contributed by atoms with van der Waals surface area (Å²) in [4.78, 5) is 8.53. The third-order valence-corrected chi connectivity index (χ3v) is 2.97. The summed E-state index contributed by atoms with van der Waals surface area (Å²) in [6.07, 6.45) is 5.46. The van der Waals surface area contributed by atoms with Crippen LogP contribution in [0.15, 0.2) is 55.0 Å². The minimum absolute atomic E-state index is 0.510. The fourth-order valence-electron chi connectivity index (χ4n) is 2.01. The van der Waals surface area contributed by atoms with Crippen molar-refractivity contribution in [1.29, 1.82) is 0 Å². The van der Waals surface area contributed by atoms with Gasteiger partial charge in [-0.05, 0) is 35.4 Å². The van der Waals surface area contributed by atoms with Crippen molar-refractivity contribution in [3.8, 4) is 11.1 Å². The van der Waals surface area contributed by atoms with Crippen molar-refractivity contribution in [1.82, 2.24) is 9.97 Å². The Morgan fingerprint density at radius 2 is 1.94 bits per heavy atom. The molecule has 0 radical (unpaired) electrons. The molecule has 0 aliphatic heterocycles. The second kappa shape index (κ2) is 4.55. The normalized spacial score (nSPS) is 10.7. The maximum Gasteiger partial charge on any atom is 0.0702 e. The molecule has 0 amide bonds. The van der Waals surface area contributed by atoms with E-state index in [-0.39, 0.29) is 0 Å². The van der Waals surface area contributed by atoms with Gasteiger partial charge in [0.1, 0.15) is 0 Å². The highest BCUT2D eigenvalue weighted by Crippen LogP contribution is 2.23. The van der Waals surface area contributed by atoms with E-state index in [1.807, 2.05) is 18.3 Å². The SMILES string of the molecule is NCc1cncc(-c2ccc3ncccc3c2)c1. The van der Waals surface area contributed by atoms with E-state index in [1.165, 1.54) is 0 Å². The van der Waals surface area contributed by atoms with Gasteiger partial charge in [-0.1, -0.05) is 12.1 Å². The van der Waals surface area contributed by atoms with Crippen LogP contribution < -0.4 is 5.73 Å². The fourth-order valence-corrected chi connectivity index (χ4v) is 2.01. The van der Waals surface area contributed by atoms with E-state index in [2.05, 4.69) is 34.2 Å². The van der Waals surface area contributed by atoms with Crippen LogP contribution in [0.25, 0.3) is 22.0 Å². The van der Waals surface area contributed by atoms with Gasteiger partial charge in [0.25, 0.3) is 0 Å². The van der Waals surface area contributed by atoms with Crippen molar-refractivity contribution in [3.63, 3.8) is 0 Å². The third kappa shape index (κ3) is 1.96. The molecule has 3 nitrogen and oxygen atoms in total. The zero-order valence-corrected chi connectivity index (χ0v) is 9.88. The molecule has 0 spiro atoms. The summed E-state index contributed by atoms with van der Waals surface area (Å²) < 4.78 is 0. The third-order valence-electron chi connectivity index (χ3n) is 2.97. The highest BCUT2D eigenvalue weighted by Gasteiger charge is 2.01. The van der Waals surface area contributed by atoms with Gasteiger partial charge in [-0.2, -0.15) is 0 Å². The molecule has 0 bridgehead atoms. The lowest BCUT2D eigenvalue weighted by Crippen LogP contribution is -1.97. The Hall–Kier alpha value is -2.26. The Morgan fingerprint density at radius 3 is 2.83 bits per heavy atom. The van der Waals surface area contributed by atoms with Crippen LogP contribution in [-0.4, -0.2) is 9.97 Å². The van der Waals surface area contributed by atoms with Crippen molar-refractivity contribution in [2.45, 2.75) is 6.54 Å². The summed E-state index contributed by atoms with van der Waals surface area (Å²) >= 11 is 0. The summed E-state index contributed by atoms with van der Waals surface area (Å²) in [5.41, 5.74) is 9.91. The summed E-state index contributed by atoms with van der Waals surface area (Å²) in [7, 11) is 0. The summed E-state index contributed by atoms with van der Waals surface area (Å²) in [6.45, 7) is 0.510. The monoisotopic (exact) mass is 235 g/mol. The van der Waals surface area contributed by atoms with E-state index in [0.717, 1.165) is 27.6 Å². The van der Waals surface area contributed by atoms with Gasteiger partial charge in [-0.3, -0.25) is 9.97 Å². The Labute approximate surface area is 105 Å². The molecule has 3 heteroatoms. The fraction of sp³-hybridized carbons (Fsp3) is 0.0667. The smallest absolute Gasteiger partial charge is 0.0702 e. The number of nitrogens with two attached hydrogens (primary N) is 1. The first-order valence-electron chi connectivity index (χ1n) is 5.86. The van der Waals surface area contributed by atoms with Crippen molar-refractivity contribution in [2.24, 2.45) is 5.73 Å². The second-order valence-electron chi connectivity index (χ2n) is 4.20. The van der Waals surface area contributed by atoms with Gasteiger partial charge in [-0.15, -0.1) is 0 Å². The van der Waals surface area contributed by atoms with E-state index >= 15 is 0 Å². The number of hydrogen-bond donors (Lipinski definition) is 1. The highest BCUT2D eigenvalue weighted by atomic mass is 14.6. The van der Waals surface area contributed by atoms with Gasteiger partial charge < -0.3 is 5.73 Å². The van der Waals surface area contributed by atoms with Crippen LogP contribution in [0.3, 0.4) is 0 Å². The molecule has 3 rings (SSSR count). The molecule has 88 valence electrons. The van der Waals surface area contributed by atoms with Gasteiger partial charge in [0.15, 0.2) is 0 Å². The summed E-state index contributed by atoms with van der Waals surface area (Å²) in [5.74, 6) is 0. The molecule has 1 aromatic carbocycles. The maximum atomic E-state index is 5.64. The zero-order chi connectivity index (χ0) is 12.4. The number of fused-ring (bicyclic) bond motifs is 1. The molecule has 2 N–H and O–H groups in total. The molecule has 0 aliphatic rings. The molecule has 18 heavy (non-hydrogen) atoms. The molecule has 2 aromatic heterocycles. The first-order valence-corrected chi connectivity index (χ1v) is 5.86. The molecular formula is C15H13N3. The van der Waals surface area contributed by atoms with Gasteiger partial charge in [0.05, 0.1) is 5.52 Å². The number of hydrogen-bond acceptors (Lipinski definition) is 3. The minimum atomic E-state index is 0.510. The van der Waals surface area contributed by atoms with E-state index in [4.69, 9.17) is 5.73 Å². The van der Waals surface area contributed by atoms with E-state index in [0.29, 0.717) is 6.54 Å². The quantitative estimate of drug-likeness (QED) is 0.743. The van der Waals surface area contributed by atoms with Crippen LogP contribution in [0.1, 0.15) is 5.56 Å². The van der Waals surface area contributed by atoms with Crippen LogP contribution in [0.2, 0.25) is 0 Å². The predicted molar refractivity (Wildman–Crippen MR) is 72.9 cm³/mol. The summed E-state index contributed by atoms with van der Waals surface area (Å²) in [5, 5.41) is 1.13. The number of pyridine rings is 2. The van der Waals surface area contributed by atoms with Crippen molar-refractivity contribution in [3.05, 3.63) is 60.6 Å². The maximum absolute atomic E-state index is 5.64. The van der Waals surface area contributed by atoms with Crippen LogP contribution in [0.5, 0.6) is 0 Å². The van der Waals surface area contributed by atoms with Gasteiger partial charge >= 0.3 is 0 Å². The summed E-state index contributed by atoms with van der Waals surface area (Å²) in [6, 6.07) is 12.3. The van der Waals surface area contributed by atoms with Gasteiger partial charge in [0, 0.05) is 36.1 Å². The second-order valence-corrected chi connectivity index (χ2v) is 4.20. The lowest BCUT2D eigenvalue weighted by Gasteiger charge is -2.05. The lowest BCUT2D eigenvalue weighted by molar-refractivity contribution is 1.05. The largest absolute Gasteiger partial charge is 0.326 e. The van der Waals surface area contributed by atoms with Gasteiger partial charge in [-0.25, -0.2) is 0 Å². The van der Waals surface area contributed by atoms with Crippen molar-refractivity contribution >= 4 is 10.9 Å². The molecule has 3 aromatic rings. The number of benzene rings is 1. The average Bonchev–Trinajstić information content (AvgIpc) is 2.47. The Kier molecular flexibility index (Phi) is 2.74. The zero-order valence-electron chi connectivity index (χ0n) is 9.88. The first-order chi connectivity index (χ1) is 8.86. The van der Waals surface area contributed by atoms with Crippen molar-refractivity contribution < 1.29 is 0 Å². The molecule has 0 unspecified atom stereocenters. The van der Waals surface area contributed by atoms with Crippen LogP contribution in [0.4, 0.5) is 0 Å². The Bertz CT molecular complexity index is 692. The molecule has 0 saturated heterocycles. The molecular weight excluding hydrogens is 222 g/mol. The Morgan fingerprint density at radius 1 is 1.00 bits per heavy atom. The standard InChI is InChI=1S/C15H13N3/c16-8-11-6-14(10-17-9-11)12-3-4-15-13(7-12)2-1-5-18-15/h1-7,9-10H,8,16H2. The highest BCUT2D eigenvalue weighted by molar-refractivity contribution is 5.84. The van der Waals surface area contributed by atoms with E-state index in [1.54, 1.807) is 12.4 Å². The average molecular weight is 235 g/mol. The van der Waals surface area contributed by atoms with Gasteiger partial charge in [0.2, 0.25) is 0 Å². The molecule has 2 heterocycles. The first kappa shape index (κ1) is 10.9. The molecule has 0 fully saturated rings. The number of aromatic nitrogens is 2. The Balaban J connectivity index is 2.13.